The number of fused-ring (bicyclic) bond motifs is 6. The first-order chi connectivity index (χ1) is 33.7. The molecule has 8 heteroatoms. The summed E-state index contributed by atoms with van der Waals surface area (Å²) in [6.45, 7) is 0. The normalized spacial score (nSPS) is 11.5. The van der Waals surface area contributed by atoms with Gasteiger partial charge in [-0.3, -0.25) is 4.57 Å². The molecule has 0 radical (unpaired) electrons. The Kier molecular flexibility index (Phi) is 9.31. The lowest BCUT2D eigenvalue weighted by atomic mass is 9.99. The minimum atomic E-state index is 0.553. The third-order valence-electron chi connectivity index (χ3n) is 12.6. The van der Waals surface area contributed by atoms with E-state index >= 15 is 0 Å². The number of benzene rings is 9. The fraction of sp³-hybridized carbons (Fsp3) is 0. The molecule has 8 nitrogen and oxygen atoms in total. The number of aromatic nitrogens is 8. The maximum atomic E-state index is 5.24. The van der Waals surface area contributed by atoms with E-state index in [1.807, 2.05) is 103 Å². The third-order valence-corrected chi connectivity index (χ3v) is 12.6. The van der Waals surface area contributed by atoms with Gasteiger partial charge in [-0.05, 0) is 47.5 Å². The van der Waals surface area contributed by atoms with Crippen LogP contribution in [-0.2, 0) is 0 Å². The number of para-hydroxylation sites is 2. The Hall–Kier alpha value is -9.40. The van der Waals surface area contributed by atoms with Gasteiger partial charge in [-0.2, -0.15) is 9.97 Å². The van der Waals surface area contributed by atoms with Crippen molar-refractivity contribution in [2.24, 2.45) is 0 Å². The monoisotopic (exact) mass is 870 g/mol. The van der Waals surface area contributed by atoms with E-state index in [2.05, 4.69) is 137 Å². The van der Waals surface area contributed by atoms with Crippen molar-refractivity contribution in [3.8, 4) is 79.7 Å². The van der Waals surface area contributed by atoms with Crippen LogP contribution in [0.2, 0.25) is 0 Å². The molecule has 13 aromatic rings. The number of nitrogens with zero attached hydrogens (tertiary/aromatic N) is 8. The lowest BCUT2D eigenvalue weighted by Crippen LogP contribution is -2.06. The molecule has 0 spiro atoms. The van der Waals surface area contributed by atoms with Crippen LogP contribution in [-0.4, -0.2) is 39.0 Å². The molecule has 9 aromatic carbocycles. The van der Waals surface area contributed by atoms with Crippen molar-refractivity contribution in [1.29, 1.82) is 0 Å². The quantitative estimate of drug-likeness (QED) is 0.151. The van der Waals surface area contributed by atoms with Crippen LogP contribution in [0.3, 0.4) is 0 Å². The summed E-state index contributed by atoms with van der Waals surface area (Å²) in [5, 5.41) is 4.42. The van der Waals surface area contributed by atoms with Crippen LogP contribution in [0.5, 0.6) is 0 Å². The van der Waals surface area contributed by atoms with Crippen molar-refractivity contribution < 1.29 is 0 Å². The summed E-state index contributed by atoms with van der Waals surface area (Å²) in [6, 6.07) is 79.3. The molecule has 0 saturated heterocycles. The van der Waals surface area contributed by atoms with E-state index in [0.29, 0.717) is 35.1 Å². The van der Waals surface area contributed by atoms with Gasteiger partial charge >= 0.3 is 0 Å². The highest BCUT2D eigenvalue weighted by atomic mass is 15.2. The van der Waals surface area contributed by atoms with Gasteiger partial charge in [0.2, 0.25) is 5.95 Å². The van der Waals surface area contributed by atoms with Crippen LogP contribution in [0.25, 0.3) is 123 Å². The molecule has 0 aliphatic rings. The van der Waals surface area contributed by atoms with Crippen molar-refractivity contribution in [2.75, 3.05) is 0 Å². The van der Waals surface area contributed by atoms with Gasteiger partial charge in [0.1, 0.15) is 0 Å². The molecule has 4 aromatic heterocycles. The minimum Gasteiger partial charge on any atom is -0.309 e. The van der Waals surface area contributed by atoms with E-state index in [1.165, 1.54) is 0 Å². The topological polar surface area (TPSA) is 87.2 Å². The summed E-state index contributed by atoms with van der Waals surface area (Å²) in [6.07, 6.45) is 0. The van der Waals surface area contributed by atoms with Crippen LogP contribution in [0.4, 0.5) is 0 Å². The second-order valence-corrected chi connectivity index (χ2v) is 16.7. The van der Waals surface area contributed by atoms with Gasteiger partial charge < -0.3 is 4.57 Å². The minimum absolute atomic E-state index is 0.553. The molecule has 0 N–H and O–H groups in total. The van der Waals surface area contributed by atoms with Crippen molar-refractivity contribution in [3.63, 3.8) is 0 Å². The van der Waals surface area contributed by atoms with E-state index in [4.69, 9.17) is 29.9 Å². The lowest BCUT2D eigenvalue weighted by molar-refractivity contribution is 0.954. The summed E-state index contributed by atoms with van der Waals surface area (Å²) in [5.74, 6) is 3.59. The highest BCUT2D eigenvalue weighted by molar-refractivity contribution is 6.19. The van der Waals surface area contributed by atoms with E-state index in [-0.39, 0.29) is 0 Å². The molecule has 0 atom stereocenters. The molecular formula is C60H38N8. The first-order valence-corrected chi connectivity index (χ1v) is 22.6. The van der Waals surface area contributed by atoms with Crippen molar-refractivity contribution in [3.05, 3.63) is 231 Å². The second-order valence-electron chi connectivity index (χ2n) is 16.7. The van der Waals surface area contributed by atoms with Crippen LogP contribution >= 0.6 is 0 Å². The second kappa shape index (κ2) is 16.2. The van der Waals surface area contributed by atoms with Crippen LogP contribution in [0.1, 0.15) is 0 Å². The van der Waals surface area contributed by atoms with Gasteiger partial charge in [-0.1, -0.05) is 194 Å². The SMILES string of the molecule is c1ccc(-c2nc(-c3cccc(-n4c5ccccc5c5cc6c(cc54)c4ccccc4n6-c4nc(-c5ccccc5)nc(-c5ccccc5)n4)c3)nc(-c3ccccc3-c3ccccc3)n2)cc1. The fourth-order valence-corrected chi connectivity index (χ4v) is 9.50. The van der Waals surface area contributed by atoms with Crippen molar-refractivity contribution in [1.82, 2.24) is 39.0 Å². The highest BCUT2D eigenvalue weighted by Crippen LogP contribution is 2.40. The maximum absolute atomic E-state index is 5.24. The number of rotatable bonds is 8. The van der Waals surface area contributed by atoms with Crippen LogP contribution in [0, 0.1) is 0 Å². The smallest absolute Gasteiger partial charge is 0.238 e. The molecule has 0 amide bonds. The number of hydrogen-bond acceptors (Lipinski definition) is 6. The highest BCUT2D eigenvalue weighted by Gasteiger charge is 2.22. The lowest BCUT2D eigenvalue weighted by Gasteiger charge is -2.13. The van der Waals surface area contributed by atoms with Gasteiger partial charge in [-0.25, -0.2) is 19.9 Å². The van der Waals surface area contributed by atoms with E-state index in [0.717, 1.165) is 88.2 Å². The molecule has 68 heavy (non-hydrogen) atoms. The van der Waals surface area contributed by atoms with Gasteiger partial charge in [0.25, 0.3) is 0 Å². The average Bonchev–Trinajstić information content (AvgIpc) is 3.93. The Morgan fingerprint density at radius 2 is 0.632 bits per heavy atom. The van der Waals surface area contributed by atoms with Crippen molar-refractivity contribution >= 4 is 43.6 Å². The Labute approximate surface area is 391 Å². The molecule has 0 aliphatic carbocycles. The summed E-state index contributed by atoms with van der Waals surface area (Å²) >= 11 is 0. The Morgan fingerprint density at radius 1 is 0.235 bits per heavy atom. The maximum Gasteiger partial charge on any atom is 0.238 e. The predicted molar refractivity (Wildman–Crippen MR) is 275 cm³/mol. The van der Waals surface area contributed by atoms with Gasteiger partial charge in [0.05, 0.1) is 22.1 Å². The predicted octanol–water partition coefficient (Wildman–Crippen LogP) is 14.3. The van der Waals surface area contributed by atoms with Crippen LogP contribution < -0.4 is 0 Å². The molecule has 0 aliphatic heterocycles. The summed E-state index contributed by atoms with van der Waals surface area (Å²) in [7, 11) is 0. The first kappa shape index (κ1) is 39.0. The number of hydrogen-bond donors (Lipinski definition) is 0. The largest absolute Gasteiger partial charge is 0.309 e. The zero-order valence-electron chi connectivity index (χ0n) is 36.5. The molecule has 13 rings (SSSR count). The average molecular weight is 871 g/mol. The molecular weight excluding hydrogens is 833 g/mol. The zero-order valence-corrected chi connectivity index (χ0v) is 36.5. The van der Waals surface area contributed by atoms with Gasteiger partial charge in [-0.15, -0.1) is 0 Å². The molecule has 0 bridgehead atoms. The first-order valence-electron chi connectivity index (χ1n) is 22.6. The van der Waals surface area contributed by atoms with Crippen LogP contribution in [0.15, 0.2) is 231 Å². The van der Waals surface area contributed by atoms with Gasteiger partial charge in [0, 0.05) is 55.0 Å². The molecule has 4 heterocycles. The molecule has 0 fully saturated rings. The van der Waals surface area contributed by atoms with E-state index in [1.54, 1.807) is 0 Å². The van der Waals surface area contributed by atoms with E-state index < -0.39 is 0 Å². The standard InChI is InChI=1S/C60H38N8/c1-5-20-39(21-6-1)45-30-13-14-33-48(45)59-63-55(40-22-7-2-8-23-40)61-58(64-59)43-28-19-29-44(36-43)67-51-34-17-15-31-46(51)49-38-54-50(37-53(49)67)47-32-16-18-35-52(47)68(54)60-65-56(41-24-9-3-10-25-41)62-57(66-60)42-26-11-4-12-27-42/h1-38H. The summed E-state index contributed by atoms with van der Waals surface area (Å²) in [5.41, 5.74) is 11.9. The van der Waals surface area contributed by atoms with Crippen molar-refractivity contribution in [2.45, 2.75) is 0 Å². The summed E-state index contributed by atoms with van der Waals surface area (Å²) in [4.78, 5) is 30.9. The Morgan fingerprint density at radius 3 is 1.19 bits per heavy atom. The molecule has 0 saturated carbocycles. The molecule has 0 unspecified atom stereocenters. The third kappa shape index (κ3) is 6.70. The zero-order chi connectivity index (χ0) is 45.0. The van der Waals surface area contributed by atoms with E-state index in [9.17, 15) is 0 Å². The van der Waals surface area contributed by atoms with Gasteiger partial charge in [0.15, 0.2) is 29.1 Å². The summed E-state index contributed by atoms with van der Waals surface area (Å²) < 4.78 is 4.55. The Balaban J connectivity index is 1.01. The Bertz CT molecular complexity index is 3960. The fourth-order valence-electron chi connectivity index (χ4n) is 9.50. The molecule has 318 valence electrons.